The van der Waals surface area contributed by atoms with E-state index in [1.165, 1.54) is 34.0 Å². The zero-order valence-electron chi connectivity index (χ0n) is 24.1. The van der Waals surface area contributed by atoms with E-state index < -0.39 is 28.9 Å². The van der Waals surface area contributed by atoms with Crippen molar-refractivity contribution in [3.63, 3.8) is 0 Å². The molecule has 7 rings (SSSR count). The van der Waals surface area contributed by atoms with Crippen LogP contribution >= 0.6 is 0 Å². The molecule has 45 heavy (non-hydrogen) atoms. The molecule has 3 aromatic carbocycles. The number of pyridine rings is 1. The third kappa shape index (κ3) is 5.61. The van der Waals surface area contributed by atoms with Crippen molar-refractivity contribution in [3.8, 4) is 22.5 Å². The van der Waals surface area contributed by atoms with Crippen LogP contribution < -0.4 is 10.6 Å². The van der Waals surface area contributed by atoms with Crippen LogP contribution in [0.5, 0.6) is 0 Å². The van der Waals surface area contributed by atoms with E-state index in [1.54, 1.807) is 42.6 Å². The third-order valence-electron chi connectivity index (χ3n) is 7.75. The molecule has 6 aromatic rings. The van der Waals surface area contributed by atoms with Gasteiger partial charge in [-0.2, -0.15) is 5.10 Å². The summed E-state index contributed by atoms with van der Waals surface area (Å²) in [6.45, 7) is 1.89. The van der Waals surface area contributed by atoms with Gasteiger partial charge in [-0.3, -0.25) is 4.79 Å². The Bertz CT molecular complexity index is 2070. The Hall–Kier alpha value is -5.55. The van der Waals surface area contributed by atoms with Crippen LogP contribution in [0.3, 0.4) is 0 Å². The molecule has 8 nitrogen and oxygen atoms in total. The van der Waals surface area contributed by atoms with Crippen molar-refractivity contribution < 1.29 is 18.0 Å². The molecule has 1 amide bonds. The van der Waals surface area contributed by atoms with Crippen LogP contribution in [0.4, 0.5) is 30.5 Å². The van der Waals surface area contributed by atoms with Crippen LogP contribution in [0.2, 0.25) is 0 Å². The van der Waals surface area contributed by atoms with Gasteiger partial charge in [0, 0.05) is 36.2 Å². The second-order valence-electron chi connectivity index (χ2n) is 10.9. The number of carbonyl (C=O) groups is 1. The second kappa shape index (κ2) is 11.5. The number of rotatable bonds is 6. The van der Waals surface area contributed by atoms with Crippen molar-refractivity contribution in [2.45, 2.75) is 13.0 Å². The molecule has 4 heterocycles. The van der Waals surface area contributed by atoms with E-state index in [-0.39, 0.29) is 5.69 Å². The minimum absolute atomic E-state index is 0.289. The van der Waals surface area contributed by atoms with Crippen molar-refractivity contribution in [2.24, 2.45) is 0 Å². The molecule has 0 radical (unpaired) electrons. The van der Waals surface area contributed by atoms with Crippen molar-refractivity contribution >= 4 is 28.7 Å². The number of hydrogen-bond donors (Lipinski definition) is 2. The molecular formula is C34H26F3N7O. The molecular weight excluding hydrogens is 579 g/mol. The lowest BCUT2D eigenvalue weighted by atomic mass is 9.99. The Balaban J connectivity index is 1.25. The maximum Gasteiger partial charge on any atom is 0.261 e. The van der Waals surface area contributed by atoms with Crippen LogP contribution in [0.1, 0.15) is 21.5 Å². The van der Waals surface area contributed by atoms with Gasteiger partial charge < -0.3 is 15.5 Å². The van der Waals surface area contributed by atoms with Gasteiger partial charge in [0.25, 0.3) is 5.91 Å². The lowest BCUT2D eigenvalue weighted by Gasteiger charge is -2.25. The van der Waals surface area contributed by atoms with Gasteiger partial charge in [-0.15, -0.1) is 0 Å². The summed E-state index contributed by atoms with van der Waals surface area (Å²) in [6, 6.07) is 20.8. The van der Waals surface area contributed by atoms with Gasteiger partial charge in [0.05, 0.1) is 23.0 Å². The monoisotopic (exact) mass is 605 g/mol. The SMILES string of the molecule is CN1CCc2ccc(Nc3nccc(-c4c(-c5cccc(NC(=O)c6c(F)cccc6F)c5)nn5cc(F)ccc45)n3)cc2C1. The maximum absolute atomic E-state index is 14.3. The summed E-state index contributed by atoms with van der Waals surface area (Å²) < 4.78 is 44.2. The molecule has 0 atom stereocenters. The van der Waals surface area contributed by atoms with Gasteiger partial charge in [0.1, 0.15) is 28.7 Å². The maximum atomic E-state index is 14.3. The molecule has 3 aromatic heterocycles. The smallest absolute Gasteiger partial charge is 0.261 e. The Morgan fingerprint density at radius 1 is 0.889 bits per heavy atom. The third-order valence-corrected chi connectivity index (χ3v) is 7.75. The van der Waals surface area contributed by atoms with Crippen LogP contribution in [-0.4, -0.2) is 44.0 Å². The molecule has 0 spiro atoms. The summed E-state index contributed by atoms with van der Waals surface area (Å²) in [5, 5.41) is 10.5. The highest BCUT2D eigenvalue weighted by Gasteiger charge is 2.21. The topological polar surface area (TPSA) is 87.5 Å². The highest BCUT2D eigenvalue weighted by atomic mass is 19.1. The predicted molar refractivity (Wildman–Crippen MR) is 166 cm³/mol. The molecule has 11 heteroatoms. The van der Waals surface area contributed by atoms with Gasteiger partial charge in [-0.1, -0.05) is 24.3 Å². The summed E-state index contributed by atoms with van der Waals surface area (Å²) in [6.07, 6.45) is 3.90. The Morgan fingerprint density at radius 2 is 1.71 bits per heavy atom. The van der Waals surface area contributed by atoms with Gasteiger partial charge >= 0.3 is 0 Å². The van der Waals surface area contributed by atoms with E-state index in [4.69, 9.17) is 4.98 Å². The van der Waals surface area contributed by atoms with Gasteiger partial charge in [-0.05, 0) is 79.2 Å². The number of hydrogen-bond acceptors (Lipinski definition) is 6. The fraction of sp³-hybridized carbons (Fsp3) is 0.118. The van der Waals surface area contributed by atoms with Crippen LogP contribution in [0, 0.1) is 17.5 Å². The highest BCUT2D eigenvalue weighted by molar-refractivity contribution is 6.05. The largest absolute Gasteiger partial charge is 0.324 e. The number of nitrogens with one attached hydrogen (secondary N) is 2. The molecule has 0 unspecified atom stereocenters. The number of amides is 1. The van der Waals surface area contributed by atoms with E-state index in [2.05, 4.69) is 44.8 Å². The molecule has 0 aliphatic carbocycles. The number of benzene rings is 3. The Labute approximate surface area is 256 Å². The second-order valence-corrected chi connectivity index (χ2v) is 10.9. The fourth-order valence-electron chi connectivity index (χ4n) is 5.59. The van der Waals surface area contributed by atoms with Crippen LogP contribution in [0.25, 0.3) is 28.0 Å². The molecule has 0 saturated carbocycles. The molecule has 1 aliphatic rings. The number of aromatic nitrogens is 4. The Morgan fingerprint density at radius 3 is 2.56 bits per heavy atom. The number of likely N-dealkylation sites (N-methyl/N-ethyl adjacent to an activating group) is 1. The molecule has 2 N–H and O–H groups in total. The average Bonchev–Trinajstić information content (AvgIpc) is 3.40. The zero-order chi connectivity index (χ0) is 31.1. The van der Waals surface area contributed by atoms with E-state index in [1.807, 2.05) is 6.07 Å². The standard InChI is InChI=1S/C34H26F3N7O/c1-43-15-13-20-8-10-25(17-22(20)18-43)40-34-38-14-12-28(41-34)31-29-11-9-23(35)19-44(29)42-32(31)21-4-2-5-24(16-21)39-33(45)30-26(36)6-3-7-27(30)37/h2-12,14,16-17,19H,13,15,18H2,1H3,(H,39,45)(H,38,40,41). The van der Waals surface area contributed by atoms with Crippen molar-refractivity contribution in [1.82, 2.24) is 24.5 Å². The summed E-state index contributed by atoms with van der Waals surface area (Å²) in [5.74, 6) is -2.97. The first-order valence-electron chi connectivity index (χ1n) is 14.3. The Kier molecular flexibility index (Phi) is 7.22. The minimum Gasteiger partial charge on any atom is -0.324 e. The van der Waals surface area contributed by atoms with E-state index in [0.29, 0.717) is 34.0 Å². The van der Waals surface area contributed by atoms with E-state index >= 15 is 0 Å². The number of nitrogens with zero attached hydrogens (tertiary/aromatic N) is 5. The normalized spacial score (nSPS) is 13.1. The van der Waals surface area contributed by atoms with Gasteiger partial charge in [-0.25, -0.2) is 27.7 Å². The lowest BCUT2D eigenvalue weighted by molar-refractivity contribution is 0.101. The number of halogens is 3. The summed E-state index contributed by atoms with van der Waals surface area (Å²) in [7, 11) is 2.10. The molecule has 1 aliphatic heterocycles. The predicted octanol–water partition coefficient (Wildman–Crippen LogP) is 6.86. The first-order valence-corrected chi connectivity index (χ1v) is 14.3. The number of carbonyl (C=O) groups excluding carboxylic acids is 1. The number of fused-ring (bicyclic) bond motifs is 2. The molecule has 0 saturated heterocycles. The van der Waals surface area contributed by atoms with Crippen molar-refractivity contribution in [3.05, 3.63) is 125 Å². The van der Waals surface area contributed by atoms with E-state index in [0.717, 1.165) is 37.3 Å². The summed E-state index contributed by atoms with van der Waals surface area (Å²) >= 11 is 0. The summed E-state index contributed by atoms with van der Waals surface area (Å²) in [4.78, 5) is 24.3. The highest BCUT2D eigenvalue weighted by Crippen LogP contribution is 2.36. The summed E-state index contributed by atoms with van der Waals surface area (Å²) in [5.41, 5.74) is 5.80. The van der Waals surface area contributed by atoms with Gasteiger partial charge in [0.15, 0.2) is 0 Å². The van der Waals surface area contributed by atoms with Crippen molar-refractivity contribution in [2.75, 3.05) is 24.2 Å². The van der Waals surface area contributed by atoms with Crippen molar-refractivity contribution in [1.29, 1.82) is 0 Å². The first-order chi connectivity index (χ1) is 21.8. The van der Waals surface area contributed by atoms with Crippen LogP contribution in [0.15, 0.2) is 91.3 Å². The minimum atomic E-state index is -0.968. The zero-order valence-corrected chi connectivity index (χ0v) is 24.1. The molecule has 224 valence electrons. The average molecular weight is 606 g/mol. The van der Waals surface area contributed by atoms with Gasteiger partial charge in [0.2, 0.25) is 5.95 Å². The van der Waals surface area contributed by atoms with Crippen LogP contribution in [-0.2, 0) is 13.0 Å². The quantitative estimate of drug-likeness (QED) is 0.216. The van der Waals surface area contributed by atoms with E-state index in [9.17, 15) is 18.0 Å². The number of anilines is 3. The molecule has 0 fully saturated rings. The molecule has 0 bridgehead atoms. The fourth-order valence-corrected chi connectivity index (χ4v) is 5.59. The first kappa shape index (κ1) is 28.2. The lowest BCUT2D eigenvalue weighted by Crippen LogP contribution is -2.26.